The second kappa shape index (κ2) is 5.28. The molecule has 0 bridgehead atoms. The van der Waals surface area contributed by atoms with E-state index < -0.39 is 0 Å². The highest BCUT2D eigenvalue weighted by Gasteiger charge is 2.01. The van der Waals surface area contributed by atoms with E-state index in [-0.39, 0.29) is 0 Å². The minimum atomic E-state index is 0.532. The number of hydrogen-bond donors (Lipinski definition) is 0. The molecule has 0 atom stereocenters. The summed E-state index contributed by atoms with van der Waals surface area (Å²) in [5, 5.41) is 0.721. The van der Waals surface area contributed by atoms with Gasteiger partial charge in [0, 0.05) is 29.1 Å². The van der Waals surface area contributed by atoms with Gasteiger partial charge in [-0.05, 0) is 18.2 Å². The average molecular weight is 253 g/mol. The molecule has 0 aliphatic heterocycles. The zero-order valence-electron chi connectivity index (χ0n) is 8.53. The first kappa shape index (κ1) is 11.4. The molecule has 82 valence electrons. The Bertz CT molecular complexity index is 469. The second-order valence-corrected chi connectivity index (χ2v) is 4.12. The quantitative estimate of drug-likeness (QED) is 0.781. The summed E-state index contributed by atoms with van der Waals surface area (Å²) in [7, 11) is 0. The summed E-state index contributed by atoms with van der Waals surface area (Å²) in [6, 6.07) is 9.45. The fraction of sp³-hybridized carbons (Fsp3) is 0.167. The molecule has 0 unspecified atom stereocenters. The number of hydrogen-bond acceptors (Lipinski definition) is 2. The van der Waals surface area contributed by atoms with Crippen LogP contribution in [0.2, 0.25) is 5.02 Å². The van der Waals surface area contributed by atoms with Gasteiger partial charge in [0.05, 0.1) is 5.69 Å². The lowest BCUT2D eigenvalue weighted by Crippen LogP contribution is -1.96. The standard InChI is InChI=1S/C12H10Cl2N2/c13-7-5-12-15-8-6-11(16-12)9-1-3-10(14)4-2-9/h1-4,6,8H,5,7H2. The van der Waals surface area contributed by atoms with E-state index in [1.807, 2.05) is 30.3 Å². The lowest BCUT2D eigenvalue weighted by Gasteiger charge is -2.02. The average Bonchev–Trinajstić information content (AvgIpc) is 2.31. The third kappa shape index (κ3) is 2.71. The smallest absolute Gasteiger partial charge is 0.130 e. The van der Waals surface area contributed by atoms with Crippen LogP contribution in [0.3, 0.4) is 0 Å². The fourth-order valence-electron chi connectivity index (χ4n) is 1.39. The normalized spacial score (nSPS) is 10.4. The molecule has 2 rings (SSSR count). The summed E-state index contributed by atoms with van der Waals surface area (Å²) in [5.74, 6) is 1.30. The van der Waals surface area contributed by atoms with Crippen LogP contribution in [0.5, 0.6) is 0 Å². The van der Waals surface area contributed by atoms with Crippen LogP contribution in [-0.4, -0.2) is 15.8 Å². The first-order valence-corrected chi connectivity index (χ1v) is 5.84. The Morgan fingerprint density at radius 1 is 1.06 bits per heavy atom. The summed E-state index contributed by atoms with van der Waals surface area (Å²) in [6.07, 6.45) is 2.43. The van der Waals surface area contributed by atoms with Gasteiger partial charge in [0.25, 0.3) is 0 Å². The number of alkyl halides is 1. The Labute approximate surface area is 104 Å². The van der Waals surface area contributed by atoms with E-state index in [0.29, 0.717) is 12.3 Å². The van der Waals surface area contributed by atoms with Crippen molar-refractivity contribution in [3.63, 3.8) is 0 Å². The highest BCUT2D eigenvalue weighted by Crippen LogP contribution is 2.19. The van der Waals surface area contributed by atoms with Crippen LogP contribution in [0, 0.1) is 0 Å². The number of halogens is 2. The van der Waals surface area contributed by atoms with Crippen LogP contribution in [0.15, 0.2) is 36.5 Å². The molecule has 0 radical (unpaired) electrons. The molecule has 0 N–H and O–H groups in total. The monoisotopic (exact) mass is 252 g/mol. The van der Waals surface area contributed by atoms with E-state index in [1.165, 1.54) is 0 Å². The molecular weight excluding hydrogens is 243 g/mol. The van der Waals surface area contributed by atoms with Crippen molar-refractivity contribution in [1.29, 1.82) is 0 Å². The third-order valence-electron chi connectivity index (χ3n) is 2.16. The van der Waals surface area contributed by atoms with Crippen molar-refractivity contribution in [2.75, 3.05) is 5.88 Å². The predicted molar refractivity (Wildman–Crippen MR) is 66.9 cm³/mol. The van der Waals surface area contributed by atoms with Gasteiger partial charge < -0.3 is 0 Å². The summed E-state index contributed by atoms with van der Waals surface area (Å²) in [4.78, 5) is 8.57. The molecule has 0 saturated carbocycles. The molecule has 1 aromatic heterocycles. The van der Waals surface area contributed by atoms with E-state index in [9.17, 15) is 0 Å². The number of aryl methyl sites for hydroxylation is 1. The maximum absolute atomic E-state index is 5.83. The van der Waals surface area contributed by atoms with E-state index in [2.05, 4.69) is 9.97 Å². The molecule has 0 saturated heterocycles. The molecule has 4 heteroatoms. The highest BCUT2D eigenvalue weighted by molar-refractivity contribution is 6.30. The predicted octanol–water partition coefficient (Wildman–Crippen LogP) is 3.58. The Morgan fingerprint density at radius 2 is 1.81 bits per heavy atom. The van der Waals surface area contributed by atoms with Crippen LogP contribution in [0.1, 0.15) is 5.82 Å². The summed E-state index contributed by atoms with van der Waals surface area (Å²) >= 11 is 11.5. The van der Waals surface area contributed by atoms with Gasteiger partial charge in [-0.2, -0.15) is 0 Å². The summed E-state index contributed by atoms with van der Waals surface area (Å²) < 4.78 is 0. The van der Waals surface area contributed by atoms with Gasteiger partial charge in [0.2, 0.25) is 0 Å². The van der Waals surface area contributed by atoms with Crippen LogP contribution >= 0.6 is 23.2 Å². The Balaban J connectivity index is 2.32. The number of benzene rings is 1. The maximum atomic E-state index is 5.83. The van der Waals surface area contributed by atoms with Crippen molar-refractivity contribution in [1.82, 2.24) is 9.97 Å². The lowest BCUT2D eigenvalue weighted by atomic mass is 10.1. The molecule has 2 aromatic rings. The van der Waals surface area contributed by atoms with Crippen LogP contribution in [0.25, 0.3) is 11.3 Å². The molecule has 0 amide bonds. The molecule has 1 heterocycles. The van der Waals surface area contributed by atoms with Crippen LogP contribution in [0.4, 0.5) is 0 Å². The molecule has 0 aliphatic rings. The summed E-state index contributed by atoms with van der Waals surface area (Å²) in [6.45, 7) is 0. The molecule has 0 aliphatic carbocycles. The molecular formula is C12H10Cl2N2. The zero-order chi connectivity index (χ0) is 11.4. The first-order chi connectivity index (χ1) is 7.79. The van der Waals surface area contributed by atoms with E-state index in [4.69, 9.17) is 23.2 Å². The SMILES string of the molecule is ClCCc1nccc(-c2ccc(Cl)cc2)n1. The van der Waals surface area contributed by atoms with E-state index in [0.717, 1.165) is 22.1 Å². The number of nitrogens with zero attached hydrogens (tertiary/aromatic N) is 2. The fourth-order valence-corrected chi connectivity index (χ4v) is 1.68. The van der Waals surface area contributed by atoms with Gasteiger partial charge in [-0.25, -0.2) is 9.97 Å². The number of aromatic nitrogens is 2. The van der Waals surface area contributed by atoms with E-state index >= 15 is 0 Å². The molecule has 0 fully saturated rings. The Hall–Kier alpha value is -1.12. The third-order valence-corrected chi connectivity index (χ3v) is 2.60. The first-order valence-electron chi connectivity index (χ1n) is 4.93. The van der Waals surface area contributed by atoms with Gasteiger partial charge in [-0.1, -0.05) is 23.7 Å². The number of rotatable bonds is 3. The van der Waals surface area contributed by atoms with Crippen molar-refractivity contribution in [3.05, 3.63) is 47.4 Å². The van der Waals surface area contributed by atoms with Crippen molar-refractivity contribution < 1.29 is 0 Å². The molecule has 16 heavy (non-hydrogen) atoms. The van der Waals surface area contributed by atoms with Crippen molar-refractivity contribution in [3.8, 4) is 11.3 Å². The Kier molecular flexibility index (Phi) is 3.75. The largest absolute Gasteiger partial charge is 0.241 e. The van der Waals surface area contributed by atoms with Gasteiger partial charge in [-0.3, -0.25) is 0 Å². The van der Waals surface area contributed by atoms with Gasteiger partial charge in [-0.15, -0.1) is 11.6 Å². The maximum Gasteiger partial charge on any atom is 0.130 e. The van der Waals surface area contributed by atoms with Gasteiger partial charge in [0.1, 0.15) is 5.82 Å². The minimum Gasteiger partial charge on any atom is -0.241 e. The Morgan fingerprint density at radius 3 is 2.50 bits per heavy atom. The van der Waals surface area contributed by atoms with Crippen LogP contribution in [-0.2, 0) is 6.42 Å². The van der Waals surface area contributed by atoms with Gasteiger partial charge in [0.15, 0.2) is 0 Å². The topological polar surface area (TPSA) is 25.8 Å². The highest BCUT2D eigenvalue weighted by atomic mass is 35.5. The van der Waals surface area contributed by atoms with Crippen molar-refractivity contribution >= 4 is 23.2 Å². The van der Waals surface area contributed by atoms with Crippen LogP contribution < -0.4 is 0 Å². The lowest BCUT2D eigenvalue weighted by molar-refractivity contribution is 0.948. The molecule has 1 aromatic carbocycles. The van der Waals surface area contributed by atoms with Crippen molar-refractivity contribution in [2.45, 2.75) is 6.42 Å². The summed E-state index contributed by atoms with van der Waals surface area (Å²) in [5.41, 5.74) is 1.93. The molecule has 2 nitrogen and oxygen atoms in total. The second-order valence-electron chi connectivity index (χ2n) is 3.30. The molecule has 0 spiro atoms. The minimum absolute atomic E-state index is 0.532. The van der Waals surface area contributed by atoms with E-state index in [1.54, 1.807) is 6.20 Å². The van der Waals surface area contributed by atoms with Gasteiger partial charge >= 0.3 is 0 Å². The van der Waals surface area contributed by atoms with Crippen molar-refractivity contribution in [2.24, 2.45) is 0 Å². The zero-order valence-corrected chi connectivity index (χ0v) is 10.0.